The summed E-state index contributed by atoms with van der Waals surface area (Å²) in [5.41, 5.74) is 4.68. The zero-order chi connectivity index (χ0) is 17.1. The first-order chi connectivity index (χ1) is 12.3. The van der Waals surface area contributed by atoms with Crippen LogP contribution < -0.4 is 10.2 Å². The van der Waals surface area contributed by atoms with Crippen molar-refractivity contribution in [3.63, 3.8) is 0 Å². The van der Waals surface area contributed by atoms with Gasteiger partial charge in [0.2, 0.25) is 5.91 Å². The van der Waals surface area contributed by atoms with Gasteiger partial charge in [-0.1, -0.05) is 18.2 Å². The van der Waals surface area contributed by atoms with Crippen molar-refractivity contribution in [2.75, 3.05) is 49.6 Å². The van der Waals surface area contributed by atoms with Gasteiger partial charge in [0.25, 0.3) is 0 Å². The molecule has 130 valence electrons. The Hall–Kier alpha value is -2.37. The second-order valence-corrected chi connectivity index (χ2v) is 6.51. The van der Waals surface area contributed by atoms with Gasteiger partial charge in [-0.05, 0) is 42.3 Å². The van der Waals surface area contributed by atoms with Gasteiger partial charge in [0.05, 0.1) is 19.8 Å². The van der Waals surface area contributed by atoms with E-state index in [4.69, 9.17) is 4.74 Å². The van der Waals surface area contributed by atoms with Gasteiger partial charge in [0.15, 0.2) is 0 Å². The van der Waals surface area contributed by atoms with Crippen LogP contribution in [0.4, 0.5) is 17.1 Å². The van der Waals surface area contributed by atoms with Crippen LogP contribution in [0.25, 0.3) is 0 Å². The highest BCUT2D eigenvalue weighted by atomic mass is 16.5. The maximum absolute atomic E-state index is 12.2. The fourth-order valence-corrected chi connectivity index (χ4v) is 3.49. The molecule has 2 aromatic rings. The number of amides is 1. The van der Waals surface area contributed by atoms with Gasteiger partial charge in [-0.2, -0.15) is 0 Å². The number of para-hydroxylation sites is 1. The maximum Gasteiger partial charge on any atom is 0.238 e. The van der Waals surface area contributed by atoms with Crippen LogP contribution in [0.2, 0.25) is 0 Å². The van der Waals surface area contributed by atoms with Gasteiger partial charge < -0.3 is 15.0 Å². The molecular weight excluding hydrogens is 314 g/mol. The largest absolute Gasteiger partial charge is 0.379 e. The number of morpholine rings is 1. The van der Waals surface area contributed by atoms with Gasteiger partial charge in [0.1, 0.15) is 0 Å². The molecule has 1 saturated heterocycles. The third kappa shape index (κ3) is 3.67. The molecular formula is C20H23N3O2. The normalized spacial score (nSPS) is 17.4. The Morgan fingerprint density at radius 1 is 1.00 bits per heavy atom. The number of rotatable bonds is 4. The highest BCUT2D eigenvalue weighted by molar-refractivity contribution is 5.92. The first-order valence-electron chi connectivity index (χ1n) is 8.85. The molecule has 0 atom stereocenters. The Bertz CT molecular complexity index is 739. The van der Waals surface area contributed by atoms with Crippen LogP contribution >= 0.6 is 0 Å². The molecule has 1 N–H and O–H groups in total. The van der Waals surface area contributed by atoms with E-state index in [1.807, 2.05) is 12.1 Å². The van der Waals surface area contributed by atoms with E-state index in [2.05, 4.69) is 51.5 Å². The average molecular weight is 337 g/mol. The highest BCUT2D eigenvalue weighted by Gasteiger charge is 2.19. The molecule has 5 heteroatoms. The second kappa shape index (κ2) is 7.25. The monoisotopic (exact) mass is 337 g/mol. The molecule has 0 saturated carbocycles. The first kappa shape index (κ1) is 16.1. The molecule has 0 aromatic heterocycles. The molecule has 2 aliphatic rings. The van der Waals surface area contributed by atoms with E-state index in [0.29, 0.717) is 19.8 Å². The van der Waals surface area contributed by atoms with Crippen molar-refractivity contribution in [2.45, 2.75) is 6.42 Å². The number of hydrogen-bond donors (Lipinski definition) is 1. The molecule has 0 bridgehead atoms. The van der Waals surface area contributed by atoms with E-state index in [-0.39, 0.29) is 5.91 Å². The number of carbonyl (C=O) groups is 1. The molecule has 1 amide bonds. The van der Waals surface area contributed by atoms with E-state index in [9.17, 15) is 4.79 Å². The number of benzene rings is 2. The maximum atomic E-state index is 12.2. The average Bonchev–Trinajstić information content (AvgIpc) is 3.07. The van der Waals surface area contributed by atoms with Crippen LogP contribution in [0.1, 0.15) is 5.56 Å². The summed E-state index contributed by atoms with van der Waals surface area (Å²) in [6, 6.07) is 16.6. The van der Waals surface area contributed by atoms with Crippen molar-refractivity contribution in [1.29, 1.82) is 0 Å². The zero-order valence-corrected chi connectivity index (χ0v) is 14.3. The highest BCUT2D eigenvalue weighted by Crippen LogP contribution is 2.34. The second-order valence-electron chi connectivity index (χ2n) is 6.51. The molecule has 2 heterocycles. The summed E-state index contributed by atoms with van der Waals surface area (Å²) in [6.07, 6.45) is 1.08. The number of hydrogen-bond acceptors (Lipinski definition) is 4. The lowest BCUT2D eigenvalue weighted by atomic mass is 10.2. The van der Waals surface area contributed by atoms with Crippen LogP contribution in [0.3, 0.4) is 0 Å². The van der Waals surface area contributed by atoms with Gasteiger partial charge in [0, 0.05) is 36.7 Å². The topological polar surface area (TPSA) is 44.8 Å². The van der Waals surface area contributed by atoms with Crippen LogP contribution in [-0.2, 0) is 16.0 Å². The molecule has 0 aliphatic carbocycles. The Balaban J connectivity index is 1.38. The van der Waals surface area contributed by atoms with E-state index in [1.165, 1.54) is 11.3 Å². The lowest BCUT2D eigenvalue weighted by Crippen LogP contribution is -2.41. The van der Waals surface area contributed by atoms with Crippen LogP contribution in [0.15, 0.2) is 48.5 Å². The van der Waals surface area contributed by atoms with E-state index < -0.39 is 0 Å². The third-order valence-corrected chi connectivity index (χ3v) is 4.82. The fraction of sp³-hybridized carbons (Fsp3) is 0.350. The molecule has 25 heavy (non-hydrogen) atoms. The summed E-state index contributed by atoms with van der Waals surface area (Å²) < 4.78 is 5.31. The predicted octanol–water partition coefficient (Wildman–Crippen LogP) is 2.65. The molecule has 0 unspecified atom stereocenters. The fourth-order valence-electron chi connectivity index (χ4n) is 3.49. The molecule has 0 radical (unpaired) electrons. The Kier molecular flexibility index (Phi) is 4.68. The van der Waals surface area contributed by atoms with Crippen molar-refractivity contribution in [1.82, 2.24) is 4.90 Å². The standard InChI is InChI=1S/C20H23N3O2/c24-20(15-22-11-13-25-14-12-22)21-17-5-7-18(8-6-17)23-10-9-16-3-1-2-4-19(16)23/h1-8H,9-15H2,(H,21,24). The minimum absolute atomic E-state index is 0.0289. The van der Waals surface area contributed by atoms with Gasteiger partial charge in [-0.15, -0.1) is 0 Å². The Morgan fingerprint density at radius 2 is 1.76 bits per heavy atom. The van der Waals surface area contributed by atoms with Gasteiger partial charge >= 0.3 is 0 Å². The smallest absolute Gasteiger partial charge is 0.238 e. The summed E-state index contributed by atoms with van der Waals surface area (Å²) in [4.78, 5) is 16.6. The van der Waals surface area contributed by atoms with Crippen molar-refractivity contribution in [3.8, 4) is 0 Å². The Morgan fingerprint density at radius 3 is 2.56 bits per heavy atom. The SMILES string of the molecule is O=C(CN1CCOCC1)Nc1ccc(N2CCc3ccccc32)cc1. The zero-order valence-electron chi connectivity index (χ0n) is 14.3. The third-order valence-electron chi connectivity index (χ3n) is 4.82. The van der Waals surface area contributed by atoms with E-state index in [0.717, 1.165) is 37.4 Å². The van der Waals surface area contributed by atoms with Crippen LogP contribution in [0, 0.1) is 0 Å². The molecule has 4 rings (SSSR count). The molecule has 2 aromatic carbocycles. The number of anilines is 3. The number of ether oxygens (including phenoxy) is 1. The number of nitrogens with one attached hydrogen (secondary N) is 1. The van der Waals surface area contributed by atoms with Crippen LogP contribution in [-0.4, -0.2) is 50.2 Å². The van der Waals surface area contributed by atoms with Crippen LogP contribution in [0.5, 0.6) is 0 Å². The minimum atomic E-state index is 0.0289. The van der Waals surface area contributed by atoms with Crippen molar-refractivity contribution in [3.05, 3.63) is 54.1 Å². The summed E-state index contributed by atoms with van der Waals surface area (Å²) in [5.74, 6) is 0.0289. The molecule has 2 aliphatic heterocycles. The van der Waals surface area contributed by atoms with Crippen molar-refractivity contribution >= 4 is 23.0 Å². The van der Waals surface area contributed by atoms with E-state index >= 15 is 0 Å². The minimum Gasteiger partial charge on any atom is -0.379 e. The first-order valence-corrected chi connectivity index (χ1v) is 8.85. The number of fused-ring (bicyclic) bond motifs is 1. The predicted molar refractivity (Wildman–Crippen MR) is 99.5 cm³/mol. The quantitative estimate of drug-likeness (QED) is 0.932. The molecule has 5 nitrogen and oxygen atoms in total. The number of carbonyl (C=O) groups excluding carboxylic acids is 1. The summed E-state index contributed by atoms with van der Waals surface area (Å²) in [6.45, 7) is 4.48. The summed E-state index contributed by atoms with van der Waals surface area (Å²) in [7, 11) is 0. The lowest BCUT2D eigenvalue weighted by molar-refractivity contribution is -0.118. The van der Waals surface area contributed by atoms with Gasteiger partial charge in [-0.3, -0.25) is 9.69 Å². The summed E-state index contributed by atoms with van der Waals surface area (Å²) in [5, 5.41) is 2.99. The summed E-state index contributed by atoms with van der Waals surface area (Å²) >= 11 is 0. The van der Waals surface area contributed by atoms with E-state index in [1.54, 1.807) is 0 Å². The molecule has 0 spiro atoms. The Labute approximate surface area is 148 Å². The number of nitrogens with zero attached hydrogens (tertiary/aromatic N) is 2. The van der Waals surface area contributed by atoms with Gasteiger partial charge in [-0.25, -0.2) is 0 Å². The van der Waals surface area contributed by atoms with Crippen molar-refractivity contribution in [2.24, 2.45) is 0 Å². The molecule has 1 fully saturated rings. The van der Waals surface area contributed by atoms with Crippen molar-refractivity contribution < 1.29 is 9.53 Å². The lowest BCUT2D eigenvalue weighted by Gasteiger charge is -2.25.